The van der Waals surface area contributed by atoms with Gasteiger partial charge in [-0.05, 0) is 36.4 Å². The number of hydrogen-bond donors (Lipinski definition) is 0. The van der Waals surface area contributed by atoms with Crippen molar-refractivity contribution in [2.75, 3.05) is 0 Å². The molecule has 1 aromatic heterocycles. The Kier molecular flexibility index (Phi) is 4.23. The maximum absolute atomic E-state index is 11.5. The van der Waals surface area contributed by atoms with Gasteiger partial charge in [-0.2, -0.15) is 0 Å². The van der Waals surface area contributed by atoms with Gasteiger partial charge < -0.3 is 9.15 Å². The van der Waals surface area contributed by atoms with Gasteiger partial charge in [-0.1, -0.05) is 27.5 Å². The molecule has 0 aliphatic heterocycles. The van der Waals surface area contributed by atoms with E-state index < -0.39 is 5.97 Å². The number of rotatable bonds is 3. The van der Waals surface area contributed by atoms with Crippen LogP contribution in [0.5, 0.6) is 5.75 Å². The van der Waals surface area contributed by atoms with Crippen molar-refractivity contribution in [3.05, 3.63) is 57.9 Å². The van der Waals surface area contributed by atoms with E-state index in [4.69, 9.17) is 20.8 Å². The van der Waals surface area contributed by atoms with Gasteiger partial charge in [0.1, 0.15) is 11.5 Å². The number of esters is 1. The van der Waals surface area contributed by atoms with Crippen molar-refractivity contribution in [2.24, 2.45) is 0 Å². The van der Waals surface area contributed by atoms with Crippen molar-refractivity contribution in [3.8, 4) is 5.75 Å². The fourth-order valence-electron chi connectivity index (χ4n) is 1.24. The Morgan fingerprint density at radius 3 is 2.89 bits per heavy atom. The van der Waals surface area contributed by atoms with Crippen LogP contribution >= 0.6 is 27.5 Å². The normalized spacial score (nSPS) is 10.8. The van der Waals surface area contributed by atoms with Crippen molar-refractivity contribution in [2.45, 2.75) is 0 Å². The van der Waals surface area contributed by atoms with E-state index >= 15 is 0 Å². The molecule has 0 radical (unpaired) electrons. The summed E-state index contributed by atoms with van der Waals surface area (Å²) in [6.07, 6.45) is 4.32. The third-order valence-electron chi connectivity index (χ3n) is 2.03. The molecule has 0 spiro atoms. The van der Waals surface area contributed by atoms with Crippen molar-refractivity contribution < 1.29 is 13.9 Å². The number of benzene rings is 1. The number of hydrogen-bond acceptors (Lipinski definition) is 3. The molecule has 0 bridgehead atoms. The summed E-state index contributed by atoms with van der Waals surface area (Å²) in [5.41, 5.74) is 0. The Bertz CT molecular complexity index is 576. The summed E-state index contributed by atoms with van der Waals surface area (Å²) < 4.78 is 10.9. The first-order valence-electron chi connectivity index (χ1n) is 5.03. The number of ether oxygens (including phenoxy) is 1. The molecule has 92 valence electrons. The van der Waals surface area contributed by atoms with E-state index in [9.17, 15) is 4.79 Å². The van der Waals surface area contributed by atoms with Gasteiger partial charge in [0.05, 0.1) is 11.3 Å². The Hall–Kier alpha value is -1.52. The fourth-order valence-corrected chi connectivity index (χ4v) is 1.95. The molecule has 18 heavy (non-hydrogen) atoms. The SMILES string of the molecule is O=C(C=Cc1ccco1)Oc1ccc(Br)cc1Cl. The average Bonchev–Trinajstić information content (AvgIpc) is 2.83. The smallest absolute Gasteiger partial charge is 0.336 e. The lowest BCUT2D eigenvalue weighted by molar-refractivity contribution is -0.128. The van der Waals surface area contributed by atoms with Crippen molar-refractivity contribution in [1.82, 2.24) is 0 Å². The molecule has 0 fully saturated rings. The molecule has 0 amide bonds. The summed E-state index contributed by atoms with van der Waals surface area (Å²) in [7, 11) is 0. The van der Waals surface area contributed by atoms with Gasteiger partial charge >= 0.3 is 5.97 Å². The molecule has 0 aliphatic carbocycles. The van der Waals surface area contributed by atoms with Gasteiger partial charge in [0.25, 0.3) is 0 Å². The third-order valence-corrected chi connectivity index (χ3v) is 2.82. The molecular weight excluding hydrogens is 319 g/mol. The Morgan fingerprint density at radius 1 is 1.39 bits per heavy atom. The molecule has 0 unspecified atom stereocenters. The van der Waals surface area contributed by atoms with Crippen LogP contribution in [0.25, 0.3) is 6.08 Å². The van der Waals surface area contributed by atoms with Crippen LogP contribution in [0.1, 0.15) is 5.76 Å². The van der Waals surface area contributed by atoms with Crippen LogP contribution in [0, 0.1) is 0 Å². The first kappa shape index (κ1) is 12.9. The van der Waals surface area contributed by atoms with Crippen LogP contribution in [-0.2, 0) is 4.79 Å². The highest BCUT2D eigenvalue weighted by Crippen LogP contribution is 2.27. The van der Waals surface area contributed by atoms with Gasteiger partial charge in [-0.15, -0.1) is 0 Å². The molecule has 0 atom stereocenters. The molecule has 2 rings (SSSR count). The van der Waals surface area contributed by atoms with E-state index in [2.05, 4.69) is 15.9 Å². The predicted molar refractivity (Wildman–Crippen MR) is 72.5 cm³/mol. The van der Waals surface area contributed by atoms with Gasteiger partial charge in [0, 0.05) is 10.5 Å². The van der Waals surface area contributed by atoms with Crippen LogP contribution in [0.15, 0.2) is 51.6 Å². The predicted octanol–water partition coefficient (Wildman–Crippen LogP) is 4.31. The Labute approximate surface area is 117 Å². The van der Waals surface area contributed by atoms with Crippen LogP contribution in [0.3, 0.4) is 0 Å². The van der Waals surface area contributed by atoms with E-state index in [1.54, 1.807) is 30.3 Å². The summed E-state index contributed by atoms with van der Waals surface area (Å²) >= 11 is 9.19. The summed E-state index contributed by atoms with van der Waals surface area (Å²) in [6, 6.07) is 8.48. The van der Waals surface area contributed by atoms with E-state index in [1.807, 2.05) is 0 Å². The summed E-state index contributed by atoms with van der Waals surface area (Å²) in [4.78, 5) is 11.5. The highest BCUT2D eigenvalue weighted by Gasteiger charge is 2.06. The number of carbonyl (C=O) groups is 1. The quantitative estimate of drug-likeness (QED) is 0.479. The molecule has 0 aliphatic rings. The molecular formula is C13H8BrClO3. The zero-order valence-corrected chi connectivity index (χ0v) is 11.4. The molecule has 0 N–H and O–H groups in total. The Morgan fingerprint density at radius 2 is 2.22 bits per heavy atom. The van der Waals surface area contributed by atoms with Crippen molar-refractivity contribution in [3.63, 3.8) is 0 Å². The highest BCUT2D eigenvalue weighted by atomic mass is 79.9. The van der Waals surface area contributed by atoms with Crippen molar-refractivity contribution in [1.29, 1.82) is 0 Å². The topological polar surface area (TPSA) is 39.4 Å². The van der Waals surface area contributed by atoms with Gasteiger partial charge in [0.15, 0.2) is 0 Å². The van der Waals surface area contributed by atoms with Gasteiger partial charge in [0.2, 0.25) is 0 Å². The zero-order valence-electron chi connectivity index (χ0n) is 9.10. The number of furan rings is 1. The standard InChI is InChI=1S/C13H8BrClO3/c14-9-3-5-12(11(15)8-9)18-13(16)6-4-10-2-1-7-17-10/h1-8H. The monoisotopic (exact) mass is 326 g/mol. The second kappa shape index (κ2) is 5.89. The van der Waals surface area contributed by atoms with Crippen LogP contribution in [0.2, 0.25) is 5.02 Å². The third kappa shape index (κ3) is 3.48. The van der Waals surface area contributed by atoms with Crippen LogP contribution < -0.4 is 4.74 Å². The summed E-state index contributed by atoms with van der Waals surface area (Å²) in [5.74, 6) is 0.374. The molecule has 0 saturated heterocycles. The van der Waals surface area contributed by atoms with Crippen LogP contribution in [-0.4, -0.2) is 5.97 Å². The minimum absolute atomic E-state index is 0.314. The van der Waals surface area contributed by atoms with Crippen LogP contribution in [0.4, 0.5) is 0 Å². The van der Waals surface area contributed by atoms with E-state index in [0.29, 0.717) is 16.5 Å². The lowest BCUT2D eigenvalue weighted by Crippen LogP contribution is -2.03. The second-order valence-corrected chi connectivity index (χ2v) is 4.67. The second-order valence-electron chi connectivity index (χ2n) is 3.34. The summed E-state index contributed by atoms with van der Waals surface area (Å²) in [6.45, 7) is 0. The molecule has 3 nitrogen and oxygen atoms in total. The number of carbonyl (C=O) groups excluding carboxylic acids is 1. The molecule has 5 heteroatoms. The minimum Gasteiger partial charge on any atom is -0.465 e. The first-order chi connectivity index (χ1) is 8.65. The lowest BCUT2D eigenvalue weighted by atomic mass is 10.3. The van der Waals surface area contributed by atoms with E-state index in [-0.39, 0.29) is 0 Å². The van der Waals surface area contributed by atoms with Crippen molar-refractivity contribution >= 4 is 39.6 Å². The molecule has 0 saturated carbocycles. The maximum Gasteiger partial charge on any atom is 0.336 e. The van der Waals surface area contributed by atoms with Gasteiger partial charge in [-0.25, -0.2) is 4.79 Å². The zero-order chi connectivity index (χ0) is 13.0. The van der Waals surface area contributed by atoms with E-state index in [1.165, 1.54) is 18.4 Å². The molecule has 1 heterocycles. The molecule has 1 aromatic carbocycles. The first-order valence-corrected chi connectivity index (χ1v) is 6.21. The Balaban J connectivity index is 2.03. The fraction of sp³-hybridized carbons (Fsp3) is 0. The van der Waals surface area contributed by atoms with E-state index in [0.717, 1.165) is 4.47 Å². The highest BCUT2D eigenvalue weighted by molar-refractivity contribution is 9.10. The number of halogens is 2. The summed E-state index contributed by atoms with van der Waals surface area (Å²) in [5, 5.41) is 0.365. The minimum atomic E-state index is -0.518. The largest absolute Gasteiger partial charge is 0.465 e. The maximum atomic E-state index is 11.5. The average molecular weight is 328 g/mol. The van der Waals surface area contributed by atoms with Gasteiger partial charge in [-0.3, -0.25) is 0 Å². The lowest BCUT2D eigenvalue weighted by Gasteiger charge is -2.03. The molecule has 2 aromatic rings.